The normalized spacial score (nSPS) is 15.2. The van der Waals surface area contributed by atoms with Gasteiger partial charge in [0.15, 0.2) is 6.61 Å². The van der Waals surface area contributed by atoms with Crippen LogP contribution in [0, 0.1) is 5.82 Å². The number of ether oxygens (including phenoxy) is 1. The molecule has 1 fully saturated rings. The van der Waals surface area contributed by atoms with Crippen molar-refractivity contribution in [2.24, 2.45) is 0 Å². The summed E-state index contributed by atoms with van der Waals surface area (Å²) in [4.78, 5) is 30.7. The van der Waals surface area contributed by atoms with Crippen molar-refractivity contribution in [2.45, 2.75) is 12.8 Å². The van der Waals surface area contributed by atoms with E-state index in [9.17, 15) is 14.0 Å². The number of nitrogens with zero attached hydrogens (tertiary/aromatic N) is 2. The molecule has 2 aromatic carbocycles. The molecule has 5 rings (SSSR count). The molecule has 32 heavy (non-hydrogen) atoms. The van der Waals surface area contributed by atoms with Crippen molar-refractivity contribution in [3.8, 4) is 10.4 Å². The van der Waals surface area contributed by atoms with Gasteiger partial charge in [-0.2, -0.15) is 0 Å². The summed E-state index contributed by atoms with van der Waals surface area (Å²) in [7, 11) is 0. The minimum atomic E-state index is -0.444. The third-order valence-electron chi connectivity index (χ3n) is 6.09. The maximum atomic E-state index is 13.1. The Kier molecular flexibility index (Phi) is 5.66. The zero-order valence-electron chi connectivity index (χ0n) is 17.6. The Labute approximate surface area is 190 Å². The predicted octanol–water partition coefficient (Wildman–Crippen LogP) is 4.16. The van der Waals surface area contributed by atoms with Crippen molar-refractivity contribution >= 4 is 28.9 Å². The van der Waals surface area contributed by atoms with Gasteiger partial charge >= 0.3 is 5.97 Å². The summed E-state index contributed by atoms with van der Waals surface area (Å²) in [5.74, 6) is -0.899. The lowest BCUT2D eigenvalue weighted by Crippen LogP contribution is -2.49. The zero-order valence-corrected chi connectivity index (χ0v) is 18.4. The standard InChI is InChI=1S/C25H23FN2O3S/c26-19-7-9-20(10-8-19)27-11-13-28(14-12-27)23(29)16-31-25(30)22-15-18-6-5-17-3-1-2-4-21(17)24(18)32-22/h1-4,7-10,15H,5-6,11-14,16H2. The number of halogens is 1. The number of anilines is 1. The third kappa shape index (κ3) is 4.12. The number of carbonyl (C=O) groups is 2. The SMILES string of the molecule is O=C(OCC(=O)N1CCN(c2ccc(F)cc2)CC1)c1cc2c(s1)-c1ccccc1CC2. The summed E-state index contributed by atoms with van der Waals surface area (Å²) >= 11 is 1.44. The second kappa shape index (κ2) is 8.74. The molecule has 1 aromatic heterocycles. The number of aryl methyl sites for hydroxylation is 2. The molecule has 164 valence electrons. The minimum Gasteiger partial charge on any atom is -0.451 e. The summed E-state index contributed by atoms with van der Waals surface area (Å²) in [5.41, 5.74) is 4.60. The first-order valence-corrected chi connectivity index (χ1v) is 11.6. The molecule has 0 saturated carbocycles. The van der Waals surface area contributed by atoms with Crippen molar-refractivity contribution in [2.75, 3.05) is 37.7 Å². The summed E-state index contributed by atoms with van der Waals surface area (Å²) in [6, 6.07) is 16.5. The molecule has 2 heterocycles. The average molecular weight is 451 g/mol. The molecule has 0 N–H and O–H groups in total. The van der Waals surface area contributed by atoms with Crippen molar-refractivity contribution in [3.05, 3.63) is 76.4 Å². The average Bonchev–Trinajstić information content (AvgIpc) is 3.28. The molecular formula is C25H23FN2O3S. The first kappa shape index (κ1) is 20.7. The van der Waals surface area contributed by atoms with E-state index in [1.807, 2.05) is 18.2 Å². The number of carbonyl (C=O) groups excluding carboxylic acids is 2. The Morgan fingerprint density at radius 1 is 0.938 bits per heavy atom. The molecular weight excluding hydrogens is 427 g/mol. The molecule has 1 aliphatic heterocycles. The highest BCUT2D eigenvalue weighted by Crippen LogP contribution is 2.39. The second-order valence-corrected chi connectivity index (χ2v) is 9.09. The highest BCUT2D eigenvalue weighted by molar-refractivity contribution is 7.17. The van der Waals surface area contributed by atoms with Crippen molar-refractivity contribution < 1.29 is 18.7 Å². The fourth-order valence-electron chi connectivity index (χ4n) is 4.33. The lowest BCUT2D eigenvalue weighted by atomic mass is 9.91. The van der Waals surface area contributed by atoms with Crippen molar-refractivity contribution in [3.63, 3.8) is 0 Å². The fraction of sp³-hybridized carbons (Fsp3) is 0.280. The molecule has 3 aromatic rings. The molecule has 0 atom stereocenters. The van der Waals surface area contributed by atoms with E-state index in [0.29, 0.717) is 31.1 Å². The van der Waals surface area contributed by atoms with Gasteiger partial charge in [0.1, 0.15) is 10.7 Å². The third-order valence-corrected chi connectivity index (χ3v) is 7.28. The number of benzene rings is 2. The van der Waals surface area contributed by atoms with Crippen LogP contribution in [0.4, 0.5) is 10.1 Å². The monoisotopic (exact) mass is 450 g/mol. The van der Waals surface area contributed by atoms with E-state index in [2.05, 4.69) is 17.0 Å². The molecule has 1 amide bonds. The van der Waals surface area contributed by atoms with Crippen LogP contribution in [0.5, 0.6) is 0 Å². The first-order chi connectivity index (χ1) is 15.6. The van der Waals surface area contributed by atoms with E-state index in [1.54, 1.807) is 17.0 Å². The van der Waals surface area contributed by atoms with Crippen LogP contribution < -0.4 is 4.90 Å². The number of piperazine rings is 1. The highest BCUT2D eigenvalue weighted by atomic mass is 32.1. The van der Waals surface area contributed by atoms with E-state index >= 15 is 0 Å². The Balaban J connectivity index is 1.16. The second-order valence-electron chi connectivity index (χ2n) is 8.04. The van der Waals surface area contributed by atoms with Gasteiger partial charge in [-0.15, -0.1) is 11.3 Å². The first-order valence-electron chi connectivity index (χ1n) is 10.7. The van der Waals surface area contributed by atoms with E-state index in [-0.39, 0.29) is 18.3 Å². The fourth-order valence-corrected chi connectivity index (χ4v) is 5.49. The topological polar surface area (TPSA) is 49.9 Å². The van der Waals surface area contributed by atoms with Crippen LogP contribution in [0.15, 0.2) is 54.6 Å². The van der Waals surface area contributed by atoms with E-state index in [4.69, 9.17) is 4.74 Å². The van der Waals surface area contributed by atoms with Gasteiger partial charge in [0, 0.05) is 36.7 Å². The minimum absolute atomic E-state index is 0.191. The van der Waals surface area contributed by atoms with Gasteiger partial charge in [0.05, 0.1) is 0 Å². The Bertz CT molecular complexity index is 1150. The van der Waals surface area contributed by atoms with Crippen LogP contribution in [0.25, 0.3) is 10.4 Å². The summed E-state index contributed by atoms with van der Waals surface area (Å²) in [5, 5.41) is 0. The molecule has 0 radical (unpaired) electrons. The Morgan fingerprint density at radius 2 is 1.66 bits per heavy atom. The number of hydrogen-bond donors (Lipinski definition) is 0. The Hall–Kier alpha value is -3.19. The number of esters is 1. The van der Waals surface area contributed by atoms with Crippen molar-refractivity contribution in [1.29, 1.82) is 0 Å². The number of hydrogen-bond acceptors (Lipinski definition) is 5. The number of thiophene rings is 1. The smallest absolute Gasteiger partial charge is 0.348 e. The summed E-state index contributed by atoms with van der Waals surface area (Å²) in [6.07, 6.45) is 1.88. The van der Waals surface area contributed by atoms with Crippen LogP contribution in [0.3, 0.4) is 0 Å². The molecule has 2 aliphatic rings. The van der Waals surface area contributed by atoms with Crippen LogP contribution in [0.1, 0.15) is 20.8 Å². The van der Waals surface area contributed by atoms with Gasteiger partial charge in [-0.05, 0) is 59.9 Å². The number of rotatable bonds is 4. The quantitative estimate of drug-likeness (QED) is 0.560. The van der Waals surface area contributed by atoms with E-state index in [0.717, 1.165) is 23.4 Å². The number of fused-ring (bicyclic) bond motifs is 3. The molecule has 1 saturated heterocycles. The van der Waals surface area contributed by atoms with Gasteiger partial charge in [-0.1, -0.05) is 24.3 Å². The van der Waals surface area contributed by atoms with Crippen molar-refractivity contribution in [1.82, 2.24) is 4.90 Å². The van der Waals surface area contributed by atoms with Crippen LogP contribution in [-0.2, 0) is 22.4 Å². The lowest BCUT2D eigenvalue weighted by Gasteiger charge is -2.36. The zero-order chi connectivity index (χ0) is 22.1. The van der Waals surface area contributed by atoms with Crippen LogP contribution >= 0.6 is 11.3 Å². The van der Waals surface area contributed by atoms with E-state index in [1.165, 1.54) is 40.2 Å². The maximum absolute atomic E-state index is 13.1. The molecule has 5 nitrogen and oxygen atoms in total. The van der Waals surface area contributed by atoms with Gasteiger partial charge in [0.2, 0.25) is 0 Å². The summed E-state index contributed by atoms with van der Waals surface area (Å²) in [6.45, 7) is 2.13. The molecule has 0 bridgehead atoms. The lowest BCUT2D eigenvalue weighted by molar-refractivity contribution is -0.134. The van der Waals surface area contributed by atoms with E-state index < -0.39 is 5.97 Å². The molecule has 0 spiro atoms. The maximum Gasteiger partial charge on any atom is 0.348 e. The number of amides is 1. The summed E-state index contributed by atoms with van der Waals surface area (Å²) < 4.78 is 18.5. The van der Waals surface area contributed by atoms with Crippen LogP contribution in [0.2, 0.25) is 0 Å². The van der Waals surface area contributed by atoms with Gasteiger partial charge in [0.25, 0.3) is 5.91 Å². The largest absolute Gasteiger partial charge is 0.451 e. The van der Waals surface area contributed by atoms with Gasteiger partial charge in [-0.3, -0.25) is 4.79 Å². The molecule has 0 unspecified atom stereocenters. The predicted molar refractivity (Wildman–Crippen MR) is 123 cm³/mol. The van der Waals surface area contributed by atoms with Crippen LogP contribution in [-0.4, -0.2) is 49.6 Å². The highest BCUT2D eigenvalue weighted by Gasteiger charge is 2.25. The van der Waals surface area contributed by atoms with Gasteiger partial charge in [-0.25, -0.2) is 9.18 Å². The Morgan fingerprint density at radius 3 is 2.44 bits per heavy atom. The van der Waals surface area contributed by atoms with Gasteiger partial charge < -0.3 is 14.5 Å². The molecule has 1 aliphatic carbocycles. The molecule has 7 heteroatoms.